The minimum atomic E-state index is -0.126. The fourth-order valence-electron chi connectivity index (χ4n) is 3.84. The fraction of sp³-hybridized carbons (Fsp3) is 0.812. The Kier molecular flexibility index (Phi) is 3.75. The molecule has 3 fully saturated rings. The van der Waals surface area contributed by atoms with E-state index in [9.17, 15) is 4.79 Å². The van der Waals surface area contributed by atoms with Gasteiger partial charge in [-0.15, -0.1) is 5.10 Å². The van der Waals surface area contributed by atoms with Crippen molar-refractivity contribution in [1.82, 2.24) is 19.9 Å². The second kappa shape index (κ2) is 5.78. The number of anilines is 1. The highest BCUT2D eigenvalue weighted by molar-refractivity contribution is 5.88. The number of carbonyl (C=O) groups is 1. The zero-order chi connectivity index (χ0) is 15.9. The van der Waals surface area contributed by atoms with Gasteiger partial charge in [0.2, 0.25) is 0 Å². The summed E-state index contributed by atoms with van der Waals surface area (Å²) in [6.07, 6.45) is 8.73. The van der Waals surface area contributed by atoms with E-state index in [1.54, 1.807) is 11.0 Å². The Balaban J connectivity index is 1.38. The van der Waals surface area contributed by atoms with Gasteiger partial charge in [0.1, 0.15) is 0 Å². The highest BCUT2D eigenvalue weighted by Crippen LogP contribution is 2.37. The molecule has 4 rings (SSSR count). The van der Waals surface area contributed by atoms with Gasteiger partial charge in [-0.2, -0.15) is 9.90 Å². The molecule has 1 atom stereocenters. The van der Waals surface area contributed by atoms with E-state index in [-0.39, 0.29) is 17.7 Å². The molecule has 3 aliphatic rings. The molecule has 1 aromatic heterocycles. The summed E-state index contributed by atoms with van der Waals surface area (Å²) in [5.74, 6) is 1.25. The van der Waals surface area contributed by atoms with Crippen LogP contribution in [0.2, 0.25) is 0 Å². The van der Waals surface area contributed by atoms with Crippen LogP contribution < -0.4 is 5.32 Å². The van der Waals surface area contributed by atoms with Crippen LogP contribution in [0.3, 0.4) is 0 Å². The van der Waals surface area contributed by atoms with Gasteiger partial charge in [0.15, 0.2) is 5.82 Å². The third-order valence-corrected chi connectivity index (χ3v) is 5.10. The topological polar surface area (TPSA) is 72.3 Å². The zero-order valence-corrected chi connectivity index (χ0v) is 13.7. The van der Waals surface area contributed by atoms with Crippen molar-refractivity contribution >= 4 is 11.8 Å². The number of carbonyl (C=O) groups excluding carboxylic acids is 1. The lowest BCUT2D eigenvalue weighted by atomic mass is 9.98. The molecule has 126 valence electrons. The summed E-state index contributed by atoms with van der Waals surface area (Å²) < 4.78 is 6.17. The van der Waals surface area contributed by atoms with Crippen LogP contribution in [0.5, 0.6) is 0 Å². The normalized spacial score (nSPS) is 26.7. The van der Waals surface area contributed by atoms with Crippen molar-refractivity contribution in [3.8, 4) is 0 Å². The third-order valence-electron chi connectivity index (χ3n) is 5.10. The Morgan fingerprint density at radius 1 is 1.43 bits per heavy atom. The summed E-state index contributed by atoms with van der Waals surface area (Å²) in [4.78, 5) is 16.1. The van der Waals surface area contributed by atoms with Gasteiger partial charge in [-0.1, -0.05) is 12.8 Å². The first-order valence-corrected chi connectivity index (χ1v) is 8.76. The number of morpholine rings is 1. The molecule has 1 saturated heterocycles. The lowest BCUT2D eigenvalue weighted by Gasteiger charge is -2.43. The quantitative estimate of drug-likeness (QED) is 0.927. The van der Waals surface area contributed by atoms with Gasteiger partial charge < -0.3 is 9.64 Å². The standard InChI is InChI=1S/C16H25N5O2/c1-12-9-20(11-16(23-12)6-2-3-7-16)15(22)18-14-8-17-21(19-14)10-13-4-5-13/h8,12-13H,2-7,9-11H2,1H3,(H,18,19,22). The second-order valence-electron chi connectivity index (χ2n) is 7.36. The number of amides is 2. The predicted molar refractivity (Wildman–Crippen MR) is 85.1 cm³/mol. The molecule has 1 N–H and O–H groups in total. The SMILES string of the molecule is CC1CN(C(=O)Nc2cnn(CC3CC3)n2)CC2(CCCC2)O1. The van der Waals surface area contributed by atoms with Gasteiger partial charge in [-0.05, 0) is 38.5 Å². The van der Waals surface area contributed by atoms with E-state index < -0.39 is 0 Å². The molecule has 23 heavy (non-hydrogen) atoms. The second-order valence-corrected chi connectivity index (χ2v) is 7.36. The number of ether oxygens (including phenoxy) is 1. The van der Waals surface area contributed by atoms with Crippen molar-refractivity contribution in [2.24, 2.45) is 5.92 Å². The molecule has 1 aromatic rings. The third kappa shape index (κ3) is 3.34. The average Bonchev–Trinajstić information content (AvgIpc) is 3.04. The van der Waals surface area contributed by atoms with E-state index in [0.717, 1.165) is 19.4 Å². The molecular weight excluding hydrogens is 294 g/mol. The molecule has 2 heterocycles. The van der Waals surface area contributed by atoms with E-state index in [1.165, 1.54) is 25.7 Å². The molecule has 1 aliphatic heterocycles. The Labute approximate surface area is 136 Å². The van der Waals surface area contributed by atoms with Crippen molar-refractivity contribution in [1.29, 1.82) is 0 Å². The number of nitrogens with zero attached hydrogens (tertiary/aromatic N) is 4. The maximum atomic E-state index is 12.6. The van der Waals surface area contributed by atoms with Gasteiger partial charge in [0.05, 0.1) is 31.0 Å². The molecule has 0 radical (unpaired) electrons. The van der Waals surface area contributed by atoms with Gasteiger partial charge in [0, 0.05) is 6.54 Å². The van der Waals surface area contributed by atoms with Crippen LogP contribution in [0.1, 0.15) is 45.4 Å². The summed E-state index contributed by atoms with van der Waals surface area (Å²) in [6, 6.07) is -0.0927. The number of nitrogens with one attached hydrogen (secondary N) is 1. The number of urea groups is 1. The number of hydrogen-bond acceptors (Lipinski definition) is 4. The Hall–Kier alpha value is -1.63. The summed E-state index contributed by atoms with van der Waals surface area (Å²) >= 11 is 0. The number of rotatable bonds is 3. The van der Waals surface area contributed by atoms with Crippen LogP contribution in [-0.4, -0.2) is 50.7 Å². The van der Waals surface area contributed by atoms with Gasteiger partial charge in [-0.25, -0.2) is 4.79 Å². The van der Waals surface area contributed by atoms with Crippen molar-refractivity contribution < 1.29 is 9.53 Å². The summed E-state index contributed by atoms with van der Waals surface area (Å²) in [7, 11) is 0. The molecule has 7 nitrogen and oxygen atoms in total. The maximum absolute atomic E-state index is 12.6. The van der Waals surface area contributed by atoms with Crippen LogP contribution in [-0.2, 0) is 11.3 Å². The van der Waals surface area contributed by atoms with Crippen LogP contribution in [0.15, 0.2) is 6.20 Å². The molecule has 1 unspecified atom stereocenters. The molecular formula is C16H25N5O2. The minimum Gasteiger partial charge on any atom is -0.368 e. The number of aromatic nitrogens is 3. The van der Waals surface area contributed by atoms with E-state index in [2.05, 4.69) is 15.5 Å². The fourth-order valence-corrected chi connectivity index (χ4v) is 3.84. The largest absolute Gasteiger partial charge is 0.368 e. The van der Waals surface area contributed by atoms with Crippen molar-refractivity contribution in [2.45, 2.75) is 63.7 Å². The van der Waals surface area contributed by atoms with Gasteiger partial charge in [-0.3, -0.25) is 5.32 Å². The first-order valence-electron chi connectivity index (χ1n) is 8.76. The maximum Gasteiger partial charge on any atom is 0.323 e. The summed E-state index contributed by atoms with van der Waals surface area (Å²) in [5.41, 5.74) is -0.126. The zero-order valence-electron chi connectivity index (χ0n) is 13.7. The highest BCUT2D eigenvalue weighted by Gasteiger charge is 2.43. The van der Waals surface area contributed by atoms with E-state index >= 15 is 0 Å². The monoisotopic (exact) mass is 319 g/mol. The Bertz CT molecular complexity index is 577. The summed E-state index contributed by atoms with van der Waals surface area (Å²) in [5, 5.41) is 11.5. The minimum absolute atomic E-state index is 0.0816. The van der Waals surface area contributed by atoms with Crippen molar-refractivity contribution in [3.63, 3.8) is 0 Å². The molecule has 0 bridgehead atoms. The molecule has 2 amide bonds. The van der Waals surface area contributed by atoms with Crippen LogP contribution in [0, 0.1) is 5.92 Å². The molecule has 7 heteroatoms. The first kappa shape index (κ1) is 14.9. The van der Waals surface area contributed by atoms with Crippen LogP contribution in [0.4, 0.5) is 10.6 Å². The van der Waals surface area contributed by atoms with E-state index in [0.29, 0.717) is 24.8 Å². The summed E-state index contributed by atoms with van der Waals surface area (Å²) in [6.45, 7) is 4.21. The van der Waals surface area contributed by atoms with Crippen molar-refractivity contribution in [2.75, 3.05) is 18.4 Å². The van der Waals surface area contributed by atoms with Crippen LogP contribution >= 0.6 is 0 Å². The smallest absolute Gasteiger partial charge is 0.323 e. The van der Waals surface area contributed by atoms with Gasteiger partial charge in [0.25, 0.3) is 0 Å². The molecule has 0 aromatic carbocycles. The van der Waals surface area contributed by atoms with E-state index in [4.69, 9.17) is 4.74 Å². The van der Waals surface area contributed by atoms with Gasteiger partial charge >= 0.3 is 6.03 Å². The lowest BCUT2D eigenvalue weighted by molar-refractivity contribution is -0.132. The Morgan fingerprint density at radius 3 is 2.96 bits per heavy atom. The average molecular weight is 319 g/mol. The van der Waals surface area contributed by atoms with E-state index in [1.807, 2.05) is 11.8 Å². The predicted octanol–water partition coefficient (Wildman–Crippen LogP) is 2.25. The molecule has 2 aliphatic carbocycles. The highest BCUT2D eigenvalue weighted by atomic mass is 16.5. The lowest BCUT2D eigenvalue weighted by Crippen LogP contribution is -2.56. The molecule has 2 saturated carbocycles. The molecule has 1 spiro atoms. The Morgan fingerprint density at radius 2 is 2.22 bits per heavy atom. The van der Waals surface area contributed by atoms with Crippen LogP contribution in [0.25, 0.3) is 0 Å². The van der Waals surface area contributed by atoms with Crippen molar-refractivity contribution in [3.05, 3.63) is 6.20 Å². The first-order chi connectivity index (χ1) is 11.1. The number of hydrogen-bond donors (Lipinski definition) is 1.